The molecule has 264 valence electrons. The lowest BCUT2D eigenvalue weighted by Crippen LogP contribution is -2.32. The minimum Gasteiger partial charge on any atom is -0.265 e. The zero-order chi connectivity index (χ0) is 36.9. The number of nitrogens with zero attached hydrogens (tertiary/aromatic N) is 7. The van der Waals surface area contributed by atoms with Gasteiger partial charge in [-0.3, -0.25) is 25.0 Å². The molecule has 1 aliphatic carbocycles. The van der Waals surface area contributed by atoms with Crippen LogP contribution in [-0.4, -0.2) is 41.1 Å². The van der Waals surface area contributed by atoms with E-state index in [-0.39, 0.29) is 40.2 Å². The minimum absolute atomic E-state index is 0.0613. The summed E-state index contributed by atoms with van der Waals surface area (Å²) in [5.41, 5.74) is 2.30. The van der Waals surface area contributed by atoms with Crippen LogP contribution in [0.3, 0.4) is 0 Å². The highest BCUT2D eigenvalue weighted by Crippen LogP contribution is 2.45. The van der Waals surface area contributed by atoms with E-state index in [4.69, 9.17) is 5.10 Å². The predicted molar refractivity (Wildman–Crippen MR) is 185 cm³/mol. The number of benzene rings is 3. The molecule has 0 radical (unpaired) electrons. The van der Waals surface area contributed by atoms with Crippen LogP contribution in [0.5, 0.6) is 0 Å². The molecular formula is C37H30F3N7O5. The first-order valence-corrected chi connectivity index (χ1v) is 16.5. The predicted octanol–water partition coefficient (Wildman–Crippen LogP) is 8.79. The van der Waals surface area contributed by atoms with Crippen molar-refractivity contribution in [2.45, 2.75) is 51.2 Å². The van der Waals surface area contributed by atoms with Crippen molar-refractivity contribution in [3.63, 3.8) is 0 Å². The molecular weight excluding hydrogens is 679 g/mol. The van der Waals surface area contributed by atoms with Gasteiger partial charge in [0.25, 0.3) is 17.3 Å². The van der Waals surface area contributed by atoms with Crippen LogP contribution in [0, 0.1) is 26.1 Å². The Morgan fingerprint density at radius 1 is 0.923 bits per heavy atom. The Kier molecular flexibility index (Phi) is 8.64. The number of alkyl halides is 3. The first-order valence-electron chi connectivity index (χ1n) is 16.5. The summed E-state index contributed by atoms with van der Waals surface area (Å²) in [6.45, 7) is 4.02. The van der Waals surface area contributed by atoms with Crippen LogP contribution in [-0.2, 0) is 6.18 Å². The number of fused-ring (bicyclic) bond motifs is 2. The summed E-state index contributed by atoms with van der Waals surface area (Å²) in [6.07, 6.45) is -1.08. The highest BCUT2D eigenvalue weighted by atomic mass is 19.4. The Labute approximate surface area is 294 Å². The Hall–Kier alpha value is -6.25. The first-order chi connectivity index (χ1) is 24.8. The van der Waals surface area contributed by atoms with Crippen LogP contribution < -0.4 is 0 Å². The number of hydrogen-bond donors (Lipinski definition) is 0. The molecule has 0 N–H and O–H groups in total. The van der Waals surface area contributed by atoms with E-state index in [0.29, 0.717) is 46.2 Å². The van der Waals surface area contributed by atoms with Crippen LogP contribution in [0.4, 0.5) is 24.5 Å². The number of rotatable bonds is 7. The smallest absolute Gasteiger partial charge is 0.265 e. The van der Waals surface area contributed by atoms with Crippen molar-refractivity contribution < 1.29 is 27.8 Å². The maximum absolute atomic E-state index is 14.5. The second kappa shape index (κ2) is 13.1. The normalized spacial score (nSPS) is 18.2. The first kappa shape index (κ1) is 34.2. The number of halogens is 3. The van der Waals surface area contributed by atoms with E-state index >= 15 is 0 Å². The molecule has 2 aliphatic rings. The molecule has 0 saturated heterocycles. The number of hydrogen-bond acceptors (Lipinski definition) is 8. The van der Waals surface area contributed by atoms with Crippen molar-refractivity contribution in [3.8, 4) is 11.3 Å². The molecule has 15 heteroatoms. The molecule has 12 nitrogen and oxygen atoms in total. The van der Waals surface area contributed by atoms with Gasteiger partial charge >= 0.3 is 6.18 Å². The van der Waals surface area contributed by atoms with E-state index in [1.807, 2.05) is 32.1 Å². The van der Waals surface area contributed by atoms with Crippen molar-refractivity contribution in [3.05, 3.63) is 139 Å². The second-order valence-corrected chi connectivity index (χ2v) is 13.0. The SMILES string of the molecule is CC(C)c1ccc(-c2cc(C(F)(F)F)n3nc(C(=O)N4N=C5/C(=C/c6ccc([N+](=O)[O-])cc6)CCC[C@H]5[C@@H]4c4ccc([N+](=O)[O-])cc4)cc3n2)cc1. The van der Waals surface area contributed by atoms with Gasteiger partial charge in [-0.2, -0.15) is 23.4 Å². The number of carbonyl (C=O) groups excluding carboxylic acids is 1. The minimum atomic E-state index is -4.83. The van der Waals surface area contributed by atoms with E-state index in [1.54, 1.807) is 36.4 Å². The maximum Gasteiger partial charge on any atom is 0.433 e. The van der Waals surface area contributed by atoms with Gasteiger partial charge in [-0.1, -0.05) is 50.2 Å². The molecule has 0 bridgehead atoms. The molecule has 2 atom stereocenters. The molecule has 7 rings (SSSR count). The fourth-order valence-electron chi connectivity index (χ4n) is 6.77. The number of carbonyl (C=O) groups is 1. The van der Waals surface area contributed by atoms with E-state index < -0.39 is 33.7 Å². The van der Waals surface area contributed by atoms with Gasteiger partial charge in [0, 0.05) is 41.8 Å². The number of nitro benzene ring substituents is 2. The lowest BCUT2D eigenvalue weighted by atomic mass is 9.77. The molecule has 3 heterocycles. The van der Waals surface area contributed by atoms with Crippen molar-refractivity contribution in [2.24, 2.45) is 11.0 Å². The summed E-state index contributed by atoms with van der Waals surface area (Å²) in [6, 6.07) is 20.1. The third-order valence-corrected chi connectivity index (χ3v) is 9.41. The van der Waals surface area contributed by atoms with Crippen molar-refractivity contribution in [2.75, 3.05) is 0 Å². The molecule has 2 aromatic heterocycles. The Morgan fingerprint density at radius 3 is 2.15 bits per heavy atom. The number of aromatic nitrogens is 3. The molecule has 1 fully saturated rings. The van der Waals surface area contributed by atoms with E-state index in [9.17, 15) is 38.2 Å². The highest BCUT2D eigenvalue weighted by molar-refractivity contribution is 6.09. The molecule has 1 aliphatic heterocycles. The number of hydrazone groups is 1. The zero-order valence-electron chi connectivity index (χ0n) is 27.8. The number of nitro groups is 2. The van der Waals surface area contributed by atoms with E-state index in [1.165, 1.54) is 35.3 Å². The lowest BCUT2D eigenvalue weighted by Gasteiger charge is -2.29. The van der Waals surface area contributed by atoms with Crippen molar-refractivity contribution >= 4 is 34.7 Å². The maximum atomic E-state index is 14.5. The molecule has 1 amide bonds. The summed E-state index contributed by atoms with van der Waals surface area (Å²) in [4.78, 5) is 40.3. The molecule has 52 heavy (non-hydrogen) atoms. The Bertz CT molecular complexity index is 2280. The van der Waals surface area contributed by atoms with Crippen LogP contribution in [0.15, 0.2) is 95.6 Å². The number of non-ortho nitro benzene ring substituents is 2. The van der Waals surface area contributed by atoms with Gasteiger partial charge in [-0.15, -0.1) is 0 Å². The molecule has 0 spiro atoms. The van der Waals surface area contributed by atoms with Gasteiger partial charge in [-0.25, -0.2) is 14.5 Å². The summed E-state index contributed by atoms with van der Waals surface area (Å²) in [5.74, 6) is -0.911. The summed E-state index contributed by atoms with van der Waals surface area (Å²) < 4.78 is 44.0. The second-order valence-electron chi connectivity index (χ2n) is 13.0. The largest absolute Gasteiger partial charge is 0.433 e. The fourth-order valence-corrected chi connectivity index (χ4v) is 6.77. The summed E-state index contributed by atoms with van der Waals surface area (Å²) in [5, 5.41) is 32.6. The Morgan fingerprint density at radius 2 is 1.56 bits per heavy atom. The van der Waals surface area contributed by atoms with Gasteiger partial charge in [0.2, 0.25) is 0 Å². The molecule has 1 saturated carbocycles. The molecule has 0 unspecified atom stereocenters. The number of amides is 1. The third kappa shape index (κ3) is 6.40. The number of allylic oxidation sites excluding steroid dienone is 1. The van der Waals surface area contributed by atoms with Crippen molar-refractivity contribution in [1.29, 1.82) is 0 Å². The fraction of sp³-hybridized carbons (Fsp3) is 0.243. The summed E-state index contributed by atoms with van der Waals surface area (Å²) in [7, 11) is 0. The van der Waals surface area contributed by atoms with Gasteiger partial charge in [0.15, 0.2) is 17.0 Å². The van der Waals surface area contributed by atoms with Crippen LogP contribution in [0.2, 0.25) is 0 Å². The van der Waals surface area contributed by atoms with Crippen LogP contribution in [0.1, 0.15) is 77.9 Å². The average molecular weight is 710 g/mol. The zero-order valence-corrected chi connectivity index (χ0v) is 27.8. The average Bonchev–Trinajstić information content (AvgIpc) is 3.74. The van der Waals surface area contributed by atoms with Crippen molar-refractivity contribution in [1.82, 2.24) is 19.6 Å². The summed E-state index contributed by atoms with van der Waals surface area (Å²) >= 11 is 0. The molecule has 3 aromatic carbocycles. The monoisotopic (exact) mass is 709 g/mol. The van der Waals surface area contributed by atoms with Crippen LogP contribution >= 0.6 is 0 Å². The van der Waals surface area contributed by atoms with E-state index in [2.05, 4.69) is 10.1 Å². The molecule has 5 aromatic rings. The van der Waals surface area contributed by atoms with Crippen LogP contribution in [0.25, 0.3) is 23.0 Å². The van der Waals surface area contributed by atoms with Gasteiger partial charge in [0.05, 0.1) is 27.3 Å². The van der Waals surface area contributed by atoms with Gasteiger partial charge in [-0.05, 0) is 71.7 Å². The third-order valence-electron chi connectivity index (χ3n) is 9.41. The quantitative estimate of drug-likeness (QED) is 0.121. The van der Waals surface area contributed by atoms with Gasteiger partial charge < -0.3 is 0 Å². The lowest BCUT2D eigenvalue weighted by molar-refractivity contribution is -0.385. The topological polar surface area (TPSA) is 149 Å². The van der Waals surface area contributed by atoms with Gasteiger partial charge in [0.1, 0.15) is 0 Å². The standard InChI is InChI=1S/C37H30F3N7O5/c1-21(2)23-8-10-24(11-9-23)30-19-32(37(38,39)40)44-33(41-30)20-31(42-44)36(48)45-35(25-12-16-28(17-13-25)47(51)52)29-5-3-4-26(34(29)43-45)18-22-6-14-27(15-7-22)46(49)50/h6-21,29,35H,3-5H2,1-2H3/b26-18+/t29-,35+/m1/s1. The highest BCUT2D eigenvalue weighted by Gasteiger charge is 2.45. The van der Waals surface area contributed by atoms with E-state index in [0.717, 1.165) is 17.2 Å². The Balaban J connectivity index is 1.31.